The highest BCUT2D eigenvalue weighted by Crippen LogP contribution is 2.34. The van der Waals surface area contributed by atoms with Crippen molar-refractivity contribution in [3.05, 3.63) is 35.9 Å². The van der Waals surface area contributed by atoms with Gasteiger partial charge in [0, 0.05) is 6.61 Å². The third-order valence-corrected chi connectivity index (χ3v) is 5.70. The molecule has 5 atom stereocenters. The van der Waals surface area contributed by atoms with Crippen molar-refractivity contribution >= 4 is 10.1 Å². The first-order chi connectivity index (χ1) is 12.3. The third kappa shape index (κ3) is 6.32. The molecule has 1 aromatic rings. The van der Waals surface area contributed by atoms with Gasteiger partial charge in [0.2, 0.25) is 0 Å². The Labute approximate surface area is 156 Å². The molecule has 0 aromatic heterocycles. The predicted octanol–water partition coefficient (Wildman–Crippen LogP) is 3.27. The number of unbranched alkanes of at least 4 members (excludes halogenated alkanes) is 1. The Balaban J connectivity index is 2.09. The normalized spacial score (nSPS) is 29.6. The van der Waals surface area contributed by atoms with Crippen LogP contribution in [0.2, 0.25) is 0 Å². The zero-order valence-electron chi connectivity index (χ0n) is 15.7. The van der Waals surface area contributed by atoms with Gasteiger partial charge in [-0.25, -0.2) is 0 Å². The molecule has 0 saturated carbocycles. The maximum atomic E-state index is 11.3. The van der Waals surface area contributed by atoms with Crippen LogP contribution in [0.5, 0.6) is 0 Å². The molecule has 148 valence electrons. The van der Waals surface area contributed by atoms with Gasteiger partial charge in [-0.3, -0.25) is 4.55 Å². The smallest absolute Gasteiger partial charge is 0.267 e. The molecular formula is C19H30O6S. The summed E-state index contributed by atoms with van der Waals surface area (Å²) < 4.78 is 49.7. The highest BCUT2D eigenvalue weighted by molar-refractivity contribution is 7.85. The van der Waals surface area contributed by atoms with E-state index in [1.807, 2.05) is 44.2 Å². The van der Waals surface area contributed by atoms with Gasteiger partial charge < -0.3 is 14.2 Å². The van der Waals surface area contributed by atoms with E-state index < -0.39 is 28.3 Å². The van der Waals surface area contributed by atoms with Crippen LogP contribution in [-0.4, -0.2) is 43.8 Å². The molecule has 0 spiro atoms. The van der Waals surface area contributed by atoms with Crippen molar-refractivity contribution in [3.63, 3.8) is 0 Å². The SMILES string of the molecule is CCCCO[C@H]1O[C@H](CS(=O)(=O)O)[C@@H](C)[C@H](C)[C@H]1OCc1ccccc1. The van der Waals surface area contributed by atoms with Crippen molar-refractivity contribution in [2.24, 2.45) is 11.8 Å². The number of rotatable bonds is 9. The van der Waals surface area contributed by atoms with E-state index >= 15 is 0 Å². The summed E-state index contributed by atoms with van der Waals surface area (Å²) in [7, 11) is -4.12. The molecule has 2 rings (SSSR count). The first kappa shape index (κ1) is 21.3. The molecule has 1 aliphatic rings. The van der Waals surface area contributed by atoms with E-state index in [9.17, 15) is 13.0 Å². The molecule has 1 N–H and O–H groups in total. The molecule has 26 heavy (non-hydrogen) atoms. The van der Waals surface area contributed by atoms with Crippen molar-refractivity contribution in [1.29, 1.82) is 0 Å². The second-order valence-electron chi connectivity index (χ2n) is 7.00. The first-order valence-electron chi connectivity index (χ1n) is 9.19. The molecule has 1 fully saturated rings. The van der Waals surface area contributed by atoms with Crippen LogP contribution in [-0.2, 0) is 30.9 Å². The Morgan fingerprint density at radius 2 is 1.81 bits per heavy atom. The van der Waals surface area contributed by atoms with Crippen molar-refractivity contribution < 1.29 is 27.2 Å². The van der Waals surface area contributed by atoms with E-state index in [2.05, 4.69) is 6.92 Å². The van der Waals surface area contributed by atoms with Crippen LogP contribution in [0.25, 0.3) is 0 Å². The van der Waals surface area contributed by atoms with Gasteiger partial charge >= 0.3 is 0 Å². The monoisotopic (exact) mass is 386 g/mol. The molecule has 1 aromatic carbocycles. The van der Waals surface area contributed by atoms with Crippen LogP contribution in [0.1, 0.15) is 39.2 Å². The van der Waals surface area contributed by atoms with Crippen LogP contribution < -0.4 is 0 Å². The van der Waals surface area contributed by atoms with Crippen LogP contribution in [0.15, 0.2) is 30.3 Å². The summed E-state index contributed by atoms with van der Waals surface area (Å²) in [5.74, 6) is -0.507. The second kappa shape index (κ2) is 9.80. The topological polar surface area (TPSA) is 82.1 Å². The summed E-state index contributed by atoms with van der Waals surface area (Å²) in [6.07, 6.45) is 0.298. The Morgan fingerprint density at radius 1 is 1.12 bits per heavy atom. The zero-order chi connectivity index (χ0) is 19.2. The van der Waals surface area contributed by atoms with Crippen LogP contribution in [0, 0.1) is 11.8 Å². The number of hydrogen-bond acceptors (Lipinski definition) is 5. The predicted molar refractivity (Wildman–Crippen MR) is 99.3 cm³/mol. The minimum absolute atomic E-state index is 0.0193. The molecule has 6 nitrogen and oxygen atoms in total. The van der Waals surface area contributed by atoms with Gasteiger partial charge in [-0.15, -0.1) is 0 Å². The Morgan fingerprint density at radius 3 is 2.42 bits per heavy atom. The summed E-state index contributed by atoms with van der Waals surface area (Å²) in [5.41, 5.74) is 1.06. The zero-order valence-corrected chi connectivity index (χ0v) is 16.5. The summed E-state index contributed by atoms with van der Waals surface area (Å²) in [6, 6.07) is 9.85. The minimum atomic E-state index is -4.12. The Hall–Kier alpha value is -0.990. The lowest BCUT2D eigenvalue weighted by molar-refractivity contribution is -0.278. The van der Waals surface area contributed by atoms with E-state index in [4.69, 9.17) is 14.2 Å². The standard InChI is InChI=1S/C19H30O6S/c1-4-5-11-23-19-18(24-12-16-9-7-6-8-10-16)15(3)14(2)17(25-19)13-26(20,21)22/h6-10,14-15,17-19H,4-5,11-13H2,1-3H3,(H,20,21,22)/t14-,15-,17+,18+,19-/m0/s1. The Bertz CT molecular complexity index is 633. The fraction of sp³-hybridized carbons (Fsp3) is 0.684. The molecule has 1 saturated heterocycles. The highest BCUT2D eigenvalue weighted by Gasteiger charge is 2.44. The summed E-state index contributed by atoms with van der Waals surface area (Å²) in [5, 5.41) is 0. The molecule has 1 aliphatic heterocycles. The van der Waals surface area contributed by atoms with Crippen molar-refractivity contribution in [1.82, 2.24) is 0 Å². The van der Waals surface area contributed by atoms with E-state index in [1.54, 1.807) is 0 Å². The number of hydrogen-bond donors (Lipinski definition) is 1. The van der Waals surface area contributed by atoms with Gasteiger partial charge in [0.25, 0.3) is 10.1 Å². The van der Waals surface area contributed by atoms with Crippen molar-refractivity contribution in [3.8, 4) is 0 Å². The van der Waals surface area contributed by atoms with Gasteiger partial charge in [0.15, 0.2) is 6.29 Å². The minimum Gasteiger partial charge on any atom is -0.368 e. The van der Waals surface area contributed by atoms with Gasteiger partial charge in [0.05, 0.1) is 12.7 Å². The molecule has 0 unspecified atom stereocenters. The Kier molecular flexibility index (Phi) is 8.04. The van der Waals surface area contributed by atoms with Gasteiger partial charge in [0.1, 0.15) is 11.9 Å². The van der Waals surface area contributed by atoms with E-state index in [0.717, 1.165) is 18.4 Å². The average molecular weight is 387 g/mol. The number of benzene rings is 1. The molecule has 0 aliphatic carbocycles. The molecule has 0 bridgehead atoms. The van der Waals surface area contributed by atoms with E-state index in [-0.39, 0.29) is 17.9 Å². The molecule has 0 radical (unpaired) electrons. The van der Waals surface area contributed by atoms with E-state index in [1.165, 1.54) is 0 Å². The van der Waals surface area contributed by atoms with E-state index in [0.29, 0.717) is 13.2 Å². The highest BCUT2D eigenvalue weighted by atomic mass is 32.2. The lowest BCUT2D eigenvalue weighted by Crippen LogP contribution is -2.53. The van der Waals surface area contributed by atoms with Crippen molar-refractivity contribution in [2.45, 2.75) is 58.7 Å². The molecular weight excluding hydrogens is 356 g/mol. The lowest BCUT2D eigenvalue weighted by Gasteiger charge is -2.44. The quantitative estimate of drug-likeness (QED) is 0.518. The summed E-state index contributed by atoms with van der Waals surface area (Å²) >= 11 is 0. The summed E-state index contributed by atoms with van der Waals surface area (Å²) in [4.78, 5) is 0. The number of ether oxygens (including phenoxy) is 3. The fourth-order valence-corrected chi connectivity index (χ4v) is 3.93. The maximum absolute atomic E-state index is 11.3. The summed E-state index contributed by atoms with van der Waals surface area (Å²) in [6.45, 7) is 6.95. The van der Waals surface area contributed by atoms with Gasteiger partial charge in [-0.1, -0.05) is 57.5 Å². The van der Waals surface area contributed by atoms with Gasteiger partial charge in [-0.05, 0) is 23.8 Å². The van der Waals surface area contributed by atoms with Crippen LogP contribution in [0.3, 0.4) is 0 Å². The molecule has 0 amide bonds. The maximum Gasteiger partial charge on any atom is 0.267 e. The average Bonchev–Trinajstić information content (AvgIpc) is 2.59. The second-order valence-corrected chi connectivity index (χ2v) is 8.49. The van der Waals surface area contributed by atoms with Gasteiger partial charge in [-0.2, -0.15) is 8.42 Å². The fourth-order valence-electron chi connectivity index (χ4n) is 3.13. The first-order valence-corrected chi connectivity index (χ1v) is 10.8. The third-order valence-electron chi connectivity index (χ3n) is 4.95. The molecule has 7 heteroatoms. The van der Waals surface area contributed by atoms with Crippen LogP contribution >= 0.6 is 0 Å². The largest absolute Gasteiger partial charge is 0.368 e. The molecule has 1 heterocycles. The van der Waals surface area contributed by atoms with Crippen molar-refractivity contribution in [2.75, 3.05) is 12.4 Å². The lowest BCUT2D eigenvalue weighted by atomic mass is 9.84. The van der Waals surface area contributed by atoms with Crippen LogP contribution in [0.4, 0.5) is 0 Å².